The van der Waals surface area contributed by atoms with Gasteiger partial charge in [0.05, 0.1) is 18.1 Å². The number of ether oxygens (including phenoxy) is 1. The van der Waals surface area contributed by atoms with Crippen molar-refractivity contribution in [2.24, 2.45) is 0 Å². The van der Waals surface area contributed by atoms with Crippen molar-refractivity contribution in [1.29, 1.82) is 0 Å². The van der Waals surface area contributed by atoms with E-state index in [0.29, 0.717) is 33.5 Å². The standard InChI is InChI=1S/C11H10BrClO3/c1-2-16-11(15)5-7-3-9(12)10(13)4-8(7)6-14/h3-4,6H,2,5H2,1H3. The molecule has 0 aromatic heterocycles. The van der Waals surface area contributed by atoms with Gasteiger partial charge in [0.15, 0.2) is 0 Å². The van der Waals surface area contributed by atoms with Crippen molar-refractivity contribution in [3.05, 3.63) is 32.8 Å². The van der Waals surface area contributed by atoms with Crippen LogP contribution in [0.5, 0.6) is 0 Å². The summed E-state index contributed by atoms with van der Waals surface area (Å²) in [5, 5.41) is 0.440. The molecule has 0 unspecified atom stereocenters. The second-order valence-electron chi connectivity index (χ2n) is 3.06. The van der Waals surface area contributed by atoms with Crippen molar-refractivity contribution in [3.8, 4) is 0 Å². The van der Waals surface area contributed by atoms with Gasteiger partial charge < -0.3 is 4.74 Å². The predicted molar refractivity (Wildman–Crippen MR) is 64.9 cm³/mol. The fourth-order valence-electron chi connectivity index (χ4n) is 1.23. The number of carbonyl (C=O) groups is 2. The number of halogens is 2. The quantitative estimate of drug-likeness (QED) is 0.634. The summed E-state index contributed by atoms with van der Waals surface area (Å²) in [6.07, 6.45) is 0.741. The maximum Gasteiger partial charge on any atom is 0.310 e. The first-order chi connectivity index (χ1) is 7.58. The molecule has 0 aliphatic rings. The highest BCUT2D eigenvalue weighted by Gasteiger charge is 2.11. The van der Waals surface area contributed by atoms with E-state index in [2.05, 4.69) is 15.9 Å². The van der Waals surface area contributed by atoms with E-state index in [0.717, 1.165) is 0 Å². The number of esters is 1. The Morgan fingerprint density at radius 1 is 1.56 bits per heavy atom. The van der Waals surface area contributed by atoms with E-state index in [4.69, 9.17) is 16.3 Å². The van der Waals surface area contributed by atoms with Crippen molar-refractivity contribution in [1.82, 2.24) is 0 Å². The molecule has 16 heavy (non-hydrogen) atoms. The third-order valence-electron chi connectivity index (χ3n) is 1.95. The first-order valence-corrected chi connectivity index (χ1v) is 5.84. The van der Waals surface area contributed by atoms with Crippen LogP contribution in [0, 0.1) is 0 Å². The number of hydrogen-bond acceptors (Lipinski definition) is 3. The molecule has 0 fully saturated rings. The van der Waals surface area contributed by atoms with Crippen LogP contribution in [-0.4, -0.2) is 18.9 Å². The van der Waals surface area contributed by atoms with Gasteiger partial charge in [0.25, 0.3) is 0 Å². The zero-order chi connectivity index (χ0) is 12.1. The lowest BCUT2D eigenvalue weighted by Gasteiger charge is -2.06. The summed E-state index contributed by atoms with van der Waals surface area (Å²) in [5.41, 5.74) is 1.01. The summed E-state index contributed by atoms with van der Waals surface area (Å²) in [7, 11) is 0. The Morgan fingerprint density at radius 2 is 2.25 bits per heavy atom. The molecule has 0 aliphatic heterocycles. The average Bonchev–Trinajstić information content (AvgIpc) is 2.23. The number of hydrogen-bond donors (Lipinski definition) is 0. The summed E-state index contributed by atoms with van der Waals surface area (Å²) in [6.45, 7) is 2.06. The van der Waals surface area contributed by atoms with Crippen molar-refractivity contribution in [3.63, 3.8) is 0 Å². The Kier molecular flexibility index (Phi) is 4.96. The average molecular weight is 306 g/mol. The van der Waals surface area contributed by atoms with Crippen LogP contribution in [0.4, 0.5) is 0 Å². The Morgan fingerprint density at radius 3 is 2.81 bits per heavy atom. The molecule has 0 heterocycles. The molecular formula is C11H10BrClO3. The van der Waals surface area contributed by atoms with E-state index in [1.54, 1.807) is 13.0 Å². The molecule has 0 bridgehead atoms. The second-order valence-corrected chi connectivity index (χ2v) is 4.33. The van der Waals surface area contributed by atoms with E-state index < -0.39 is 0 Å². The van der Waals surface area contributed by atoms with Crippen molar-refractivity contribution in [2.75, 3.05) is 6.61 Å². The smallest absolute Gasteiger partial charge is 0.310 e. The van der Waals surface area contributed by atoms with Gasteiger partial charge in [-0.1, -0.05) is 11.6 Å². The minimum absolute atomic E-state index is 0.0671. The number of benzene rings is 1. The highest BCUT2D eigenvalue weighted by atomic mass is 79.9. The molecule has 3 nitrogen and oxygen atoms in total. The molecule has 0 atom stereocenters. The number of aldehydes is 1. The molecular weight excluding hydrogens is 295 g/mol. The fraction of sp³-hybridized carbons (Fsp3) is 0.273. The van der Waals surface area contributed by atoms with Crippen LogP contribution in [0.3, 0.4) is 0 Å². The molecule has 0 N–H and O–H groups in total. The van der Waals surface area contributed by atoms with Gasteiger partial charge in [0, 0.05) is 10.0 Å². The summed E-state index contributed by atoms with van der Waals surface area (Å²) < 4.78 is 5.46. The van der Waals surface area contributed by atoms with Gasteiger partial charge in [0.1, 0.15) is 6.29 Å². The SMILES string of the molecule is CCOC(=O)Cc1cc(Br)c(Cl)cc1C=O. The first-order valence-electron chi connectivity index (χ1n) is 4.67. The van der Waals surface area contributed by atoms with E-state index in [1.165, 1.54) is 6.07 Å². The van der Waals surface area contributed by atoms with Crippen molar-refractivity contribution < 1.29 is 14.3 Å². The molecule has 0 spiro atoms. The number of rotatable bonds is 4. The Labute approximate surface area is 107 Å². The molecule has 1 aromatic carbocycles. The minimum atomic E-state index is -0.361. The van der Waals surface area contributed by atoms with E-state index in [9.17, 15) is 9.59 Å². The van der Waals surface area contributed by atoms with Crippen LogP contribution in [0.15, 0.2) is 16.6 Å². The van der Waals surface area contributed by atoms with Crippen LogP contribution in [0.1, 0.15) is 22.8 Å². The summed E-state index contributed by atoms with van der Waals surface area (Å²) >= 11 is 9.08. The molecule has 0 amide bonds. The Balaban J connectivity index is 2.98. The fourth-order valence-corrected chi connectivity index (χ4v) is 1.80. The lowest BCUT2D eigenvalue weighted by molar-refractivity contribution is -0.142. The minimum Gasteiger partial charge on any atom is -0.466 e. The number of carbonyl (C=O) groups excluding carboxylic acids is 2. The first kappa shape index (κ1) is 13.2. The Hall–Kier alpha value is -0.870. The zero-order valence-corrected chi connectivity index (χ0v) is 11.0. The highest BCUT2D eigenvalue weighted by molar-refractivity contribution is 9.10. The van der Waals surface area contributed by atoms with Gasteiger partial charge >= 0.3 is 5.97 Å². The molecule has 1 rings (SSSR count). The molecule has 0 saturated carbocycles. The maximum atomic E-state index is 11.3. The molecule has 5 heteroatoms. The van der Waals surface area contributed by atoms with Gasteiger partial charge in [-0.2, -0.15) is 0 Å². The van der Waals surface area contributed by atoms with Crippen LogP contribution in [0.25, 0.3) is 0 Å². The second kappa shape index (κ2) is 6.01. The van der Waals surface area contributed by atoms with Crippen LogP contribution in [-0.2, 0) is 16.0 Å². The zero-order valence-electron chi connectivity index (χ0n) is 8.63. The van der Waals surface area contributed by atoms with Gasteiger partial charge in [0.2, 0.25) is 0 Å². The molecule has 0 radical (unpaired) electrons. The monoisotopic (exact) mass is 304 g/mol. The maximum absolute atomic E-state index is 11.3. The van der Waals surface area contributed by atoms with E-state index in [1.807, 2.05) is 0 Å². The van der Waals surface area contributed by atoms with Crippen LogP contribution < -0.4 is 0 Å². The van der Waals surface area contributed by atoms with Gasteiger partial charge in [-0.15, -0.1) is 0 Å². The Bertz CT molecular complexity index is 418. The van der Waals surface area contributed by atoms with Crippen molar-refractivity contribution in [2.45, 2.75) is 13.3 Å². The molecule has 0 aliphatic carbocycles. The van der Waals surface area contributed by atoms with Crippen LogP contribution in [0.2, 0.25) is 5.02 Å². The van der Waals surface area contributed by atoms with E-state index >= 15 is 0 Å². The van der Waals surface area contributed by atoms with Crippen molar-refractivity contribution >= 4 is 39.8 Å². The van der Waals surface area contributed by atoms with E-state index in [-0.39, 0.29) is 12.4 Å². The molecule has 0 saturated heterocycles. The molecule has 86 valence electrons. The van der Waals surface area contributed by atoms with Gasteiger partial charge in [-0.25, -0.2) is 0 Å². The van der Waals surface area contributed by atoms with Gasteiger partial charge in [-0.3, -0.25) is 9.59 Å². The summed E-state index contributed by atoms with van der Waals surface area (Å²) in [6, 6.07) is 3.18. The summed E-state index contributed by atoms with van der Waals surface area (Å²) in [5.74, 6) is -0.361. The lowest BCUT2D eigenvalue weighted by atomic mass is 10.1. The largest absolute Gasteiger partial charge is 0.466 e. The lowest BCUT2D eigenvalue weighted by Crippen LogP contribution is -2.09. The molecule has 1 aromatic rings. The van der Waals surface area contributed by atoms with Crippen LogP contribution >= 0.6 is 27.5 Å². The normalized spacial score (nSPS) is 9.94. The predicted octanol–water partition coefficient (Wildman–Crippen LogP) is 3.02. The summed E-state index contributed by atoms with van der Waals surface area (Å²) in [4.78, 5) is 22.1. The highest BCUT2D eigenvalue weighted by Crippen LogP contribution is 2.26. The topological polar surface area (TPSA) is 43.4 Å². The third kappa shape index (κ3) is 3.32. The van der Waals surface area contributed by atoms with Gasteiger partial charge in [-0.05, 0) is 40.5 Å². The third-order valence-corrected chi connectivity index (χ3v) is 3.15.